The highest BCUT2D eigenvalue weighted by Crippen LogP contribution is 2.17. The SMILES string of the molecule is C=C/C=C\C(=C(/C)SC)[N+](=O)[O-]. The van der Waals surface area contributed by atoms with Crippen LogP contribution in [0, 0.1) is 10.1 Å². The van der Waals surface area contributed by atoms with Crippen LogP contribution < -0.4 is 0 Å². The Kier molecular flexibility index (Phi) is 5.12. The molecule has 0 spiro atoms. The molecule has 0 aliphatic carbocycles. The van der Waals surface area contributed by atoms with Crippen LogP contribution in [0.25, 0.3) is 0 Å². The first-order chi connectivity index (χ1) is 5.63. The average molecular weight is 185 g/mol. The molecule has 0 saturated heterocycles. The molecule has 12 heavy (non-hydrogen) atoms. The van der Waals surface area contributed by atoms with Crippen LogP contribution in [0.5, 0.6) is 0 Å². The van der Waals surface area contributed by atoms with Crippen molar-refractivity contribution < 1.29 is 4.92 Å². The summed E-state index contributed by atoms with van der Waals surface area (Å²) in [6.45, 7) is 5.16. The molecule has 66 valence electrons. The van der Waals surface area contributed by atoms with Crippen LogP contribution in [0.3, 0.4) is 0 Å². The van der Waals surface area contributed by atoms with Crippen molar-refractivity contribution in [1.82, 2.24) is 0 Å². The first-order valence-electron chi connectivity index (χ1n) is 3.31. The predicted molar refractivity (Wildman–Crippen MR) is 52.5 cm³/mol. The second kappa shape index (κ2) is 5.60. The largest absolute Gasteiger partial charge is 0.278 e. The monoisotopic (exact) mass is 185 g/mol. The van der Waals surface area contributed by atoms with Gasteiger partial charge < -0.3 is 0 Å². The molecule has 0 aromatic heterocycles. The highest BCUT2D eigenvalue weighted by Gasteiger charge is 2.09. The maximum atomic E-state index is 10.5. The number of nitro groups is 1. The van der Waals surface area contributed by atoms with E-state index in [1.54, 1.807) is 19.3 Å². The summed E-state index contributed by atoms with van der Waals surface area (Å²) >= 11 is 1.36. The van der Waals surface area contributed by atoms with E-state index in [0.29, 0.717) is 4.91 Å². The highest BCUT2D eigenvalue weighted by atomic mass is 32.2. The zero-order valence-electron chi connectivity index (χ0n) is 7.11. The number of rotatable bonds is 4. The molecule has 3 nitrogen and oxygen atoms in total. The van der Waals surface area contributed by atoms with Crippen LogP contribution in [0.15, 0.2) is 35.4 Å². The zero-order chi connectivity index (χ0) is 9.56. The van der Waals surface area contributed by atoms with Crippen molar-refractivity contribution in [1.29, 1.82) is 0 Å². The van der Waals surface area contributed by atoms with E-state index < -0.39 is 4.92 Å². The lowest BCUT2D eigenvalue weighted by molar-refractivity contribution is -0.419. The number of thioether (sulfide) groups is 1. The van der Waals surface area contributed by atoms with E-state index in [4.69, 9.17) is 0 Å². The first-order valence-corrected chi connectivity index (χ1v) is 4.54. The summed E-state index contributed by atoms with van der Waals surface area (Å²) in [7, 11) is 0. The van der Waals surface area contributed by atoms with Gasteiger partial charge in [-0.2, -0.15) is 0 Å². The van der Waals surface area contributed by atoms with Crippen molar-refractivity contribution in [2.45, 2.75) is 6.92 Å². The summed E-state index contributed by atoms with van der Waals surface area (Å²) in [6.07, 6.45) is 6.31. The molecule has 0 N–H and O–H groups in total. The topological polar surface area (TPSA) is 43.1 Å². The molecule has 0 unspecified atom stereocenters. The minimum atomic E-state index is -0.397. The molecular weight excluding hydrogens is 174 g/mol. The molecule has 0 fully saturated rings. The third-order valence-corrected chi connectivity index (χ3v) is 2.08. The number of allylic oxidation sites excluding steroid dienone is 4. The fraction of sp³-hybridized carbons (Fsp3) is 0.250. The van der Waals surface area contributed by atoms with Crippen molar-refractivity contribution in [3.8, 4) is 0 Å². The van der Waals surface area contributed by atoms with E-state index in [2.05, 4.69) is 6.58 Å². The fourth-order valence-electron chi connectivity index (χ4n) is 0.571. The van der Waals surface area contributed by atoms with Crippen LogP contribution in [0.2, 0.25) is 0 Å². The van der Waals surface area contributed by atoms with E-state index in [1.165, 1.54) is 23.9 Å². The van der Waals surface area contributed by atoms with Crippen molar-refractivity contribution in [3.63, 3.8) is 0 Å². The highest BCUT2D eigenvalue weighted by molar-refractivity contribution is 8.02. The van der Waals surface area contributed by atoms with Crippen LogP contribution in [0.1, 0.15) is 6.92 Å². The molecule has 0 bridgehead atoms. The standard InChI is InChI=1S/C8H11NO2S/c1-4-5-6-8(9(10)11)7(2)12-3/h4-6H,1H2,2-3H3/b6-5-,8-7-. The van der Waals surface area contributed by atoms with Gasteiger partial charge in [0.1, 0.15) is 0 Å². The predicted octanol–water partition coefficient (Wildman–Crippen LogP) is 2.60. The van der Waals surface area contributed by atoms with E-state index >= 15 is 0 Å². The molecule has 0 saturated carbocycles. The maximum Gasteiger partial charge on any atom is 0.278 e. The fourth-order valence-corrected chi connectivity index (χ4v) is 0.922. The van der Waals surface area contributed by atoms with Gasteiger partial charge in [0, 0.05) is 6.08 Å². The van der Waals surface area contributed by atoms with Crippen LogP contribution in [-0.4, -0.2) is 11.2 Å². The molecular formula is C8H11NO2S. The zero-order valence-corrected chi connectivity index (χ0v) is 7.93. The minimum absolute atomic E-state index is 0.127. The van der Waals surface area contributed by atoms with E-state index in [0.717, 1.165) is 0 Å². The second-order valence-corrected chi connectivity index (χ2v) is 3.02. The van der Waals surface area contributed by atoms with E-state index in [9.17, 15) is 10.1 Å². The maximum absolute atomic E-state index is 10.5. The minimum Gasteiger partial charge on any atom is -0.258 e. The van der Waals surface area contributed by atoms with Crippen molar-refractivity contribution in [3.05, 3.63) is 45.5 Å². The van der Waals surface area contributed by atoms with Crippen molar-refractivity contribution in [2.24, 2.45) is 0 Å². The molecule has 0 aliphatic heterocycles. The molecule has 0 aliphatic rings. The summed E-state index contributed by atoms with van der Waals surface area (Å²) in [4.78, 5) is 10.8. The van der Waals surface area contributed by atoms with Gasteiger partial charge in [-0.05, 0) is 13.2 Å². The summed E-state index contributed by atoms with van der Waals surface area (Å²) in [6, 6.07) is 0. The smallest absolute Gasteiger partial charge is 0.258 e. The first kappa shape index (κ1) is 11.0. The quantitative estimate of drug-likeness (QED) is 0.384. The Balaban J connectivity index is 4.78. The Morgan fingerprint density at radius 1 is 1.67 bits per heavy atom. The van der Waals surface area contributed by atoms with Gasteiger partial charge in [0.15, 0.2) is 0 Å². The lowest BCUT2D eigenvalue weighted by atomic mass is 10.3. The van der Waals surface area contributed by atoms with Crippen LogP contribution in [0.4, 0.5) is 0 Å². The molecule has 0 heterocycles. The normalized spacial score (nSPS) is 12.8. The van der Waals surface area contributed by atoms with Gasteiger partial charge in [-0.25, -0.2) is 0 Å². The summed E-state index contributed by atoms with van der Waals surface area (Å²) in [5, 5.41) is 10.5. The Hall–Kier alpha value is -1.03. The Bertz CT molecular complexity index is 243. The van der Waals surface area contributed by atoms with Crippen LogP contribution in [-0.2, 0) is 0 Å². The molecule has 0 radical (unpaired) electrons. The summed E-state index contributed by atoms with van der Waals surface area (Å²) < 4.78 is 0. The number of hydrogen-bond donors (Lipinski definition) is 0. The second-order valence-electron chi connectivity index (χ2n) is 2.00. The van der Waals surface area contributed by atoms with Gasteiger partial charge >= 0.3 is 0 Å². The third-order valence-electron chi connectivity index (χ3n) is 1.25. The Morgan fingerprint density at radius 2 is 2.25 bits per heavy atom. The number of nitrogens with zero attached hydrogens (tertiary/aromatic N) is 1. The van der Waals surface area contributed by atoms with Gasteiger partial charge in [-0.15, -0.1) is 11.8 Å². The molecule has 0 amide bonds. The van der Waals surface area contributed by atoms with Crippen molar-refractivity contribution in [2.75, 3.05) is 6.26 Å². The molecule has 4 heteroatoms. The Labute approximate surface area is 76.0 Å². The van der Waals surface area contributed by atoms with Crippen LogP contribution >= 0.6 is 11.8 Å². The summed E-state index contributed by atoms with van der Waals surface area (Å²) in [5.74, 6) is 0. The van der Waals surface area contributed by atoms with Gasteiger partial charge in [0.25, 0.3) is 5.70 Å². The molecule has 0 aromatic rings. The van der Waals surface area contributed by atoms with E-state index in [1.807, 2.05) is 0 Å². The average Bonchev–Trinajstić information content (AvgIpc) is 2.04. The number of hydrogen-bond acceptors (Lipinski definition) is 3. The van der Waals surface area contributed by atoms with Crippen molar-refractivity contribution >= 4 is 11.8 Å². The molecule has 0 aromatic carbocycles. The molecule has 0 atom stereocenters. The third kappa shape index (κ3) is 3.39. The Morgan fingerprint density at radius 3 is 2.58 bits per heavy atom. The lowest BCUT2D eigenvalue weighted by Crippen LogP contribution is -1.97. The van der Waals surface area contributed by atoms with Gasteiger partial charge in [0.2, 0.25) is 0 Å². The van der Waals surface area contributed by atoms with Gasteiger partial charge in [-0.1, -0.05) is 18.7 Å². The summed E-state index contributed by atoms with van der Waals surface area (Å²) in [5.41, 5.74) is 0.127. The molecule has 0 rings (SSSR count). The lowest BCUT2D eigenvalue weighted by Gasteiger charge is -1.95. The van der Waals surface area contributed by atoms with Gasteiger partial charge in [0.05, 0.1) is 9.83 Å². The van der Waals surface area contributed by atoms with Gasteiger partial charge in [-0.3, -0.25) is 10.1 Å². The van der Waals surface area contributed by atoms with E-state index in [-0.39, 0.29) is 5.70 Å².